The van der Waals surface area contributed by atoms with Crippen molar-refractivity contribution in [2.24, 2.45) is 0 Å². The first-order valence-corrected chi connectivity index (χ1v) is 9.23. The van der Waals surface area contributed by atoms with E-state index in [4.69, 9.17) is 0 Å². The van der Waals surface area contributed by atoms with Gasteiger partial charge in [0.25, 0.3) is 5.91 Å². The molecule has 1 aliphatic heterocycles. The Labute approximate surface area is 149 Å². The fourth-order valence-corrected chi connectivity index (χ4v) is 3.67. The van der Waals surface area contributed by atoms with E-state index in [0.29, 0.717) is 23.6 Å². The van der Waals surface area contributed by atoms with Crippen molar-refractivity contribution in [3.63, 3.8) is 0 Å². The summed E-state index contributed by atoms with van der Waals surface area (Å²) in [7, 11) is 0. The summed E-state index contributed by atoms with van der Waals surface area (Å²) in [5.41, 5.74) is 0.762. The number of likely N-dealkylation sites (tertiary alicyclic amines) is 1. The highest BCUT2D eigenvalue weighted by Gasteiger charge is 2.25. The minimum atomic E-state index is -0.0904. The van der Waals surface area contributed by atoms with E-state index >= 15 is 0 Å². The Kier molecular flexibility index (Phi) is 4.51. The summed E-state index contributed by atoms with van der Waals surface area (Å²) < 4.78 is 0. The molecule has 3 aromatic rings. The van der Waals surface area contributed by atoms with Gasteiger partial charge in [0.05, 0.1) is 0 Å². The maximum absolute atomic E-state index is 12.8. The standard InChI is InChI=1S/C17H18N6OS/c24-17(23-8-2-1-3-9-23)15-14(18-6-7-19-15)16-20-13(21-22-16)11-12-5-4-10-25-12/h4-7,10H,1-3,8-9,11H2,(H,20,21,22). The number of hydrogen-bond acceptors (Lipinski definition) is 6. The summed E-state index contributed by atoms with van der Waals surface area (Å²) in [4.78, 5) is 29.0. The molecule has 0 unspecified atom stereocenters. The van der Waals surface area contributed by atoms with Gasteiger partial charge < -0.3 is 4.90 Å². The van der Waals surface area contributed by atoms with E-state index in [1.807, 2.05) is 16.3 Å². The van der Waals surface area contributed by atoms with Crippen molar-refractivity contribution in [3.8, 4) is 11.5 Å². The summed E-state index contributed by atoms with van der Waals surface area (Å²) in [6.45, 7) is 1.54. The molecule has 1 saturated heterocycles. The third-order valence-corrected chi connectivity index (χ3v) is 5.09. The van der Waals surface area contributed by atoms with Gasteiger partial charge in [-0.1, -0.05) is 6.07 Å². The van der Waals surface area contributed by atoms with Crippen molar-refractivity contribution >= 4 is 17.2 Å². The van der Waals surface area contributed by atoms with Crippen LogP contribution in [0, 0.1) is 0 Å². The zero-order valence-corrected chi connectivity index (χ0v) is 14.5. The predicted molar refractivity (Wildman–Crippen MR) is 94.3 cm³/mol. The van der Waals surface area contributed by atoms with Crippen molar-refractivity contribution in [2.75, 3.05) is 13.1 Å². The summed E-state index contributed by atoms with van der Waals surface area (Å²) in [5.74, 6) is 1.08. The van der Waals surface area contributed by atoms with E-state index in [1.165, 1.54) is 11.3 Å². The molecule has 0 bridgehead atoms. The van der Waals surface area contributed by atoms with E-state index in [1.54, 1.807) is 23.7 Å². The maximum Gasteiger partial charge on any atom is 0.274 e. The zero-order chi connectivity index (χ0) is 17.1. The van der Waals surface area contributed by atoms with Crippen molar-refractivity contribution in [1.29, 1.82) is 0 Å². The SMILES string of the molecule is O=C(c1nccnc1-c1n[nH]c(Cc2cccs2)n1)N1CCCCC1. The van der Waals surface area contributed by atoms with E-state index in [-0.39, 0.29) is 5.91 Å². The van der Waals surface area contributed by atoms with Crippen LogP contribution < -0.4 is 0 Å². The first kappa shape index (κ1) is 15.9. The lowest BCUT2D eigenvalue weighted by Gasteiger charge is -2.26. The van der Waals surface area contributed by atoms with Gasteiger partial charge in [0, 0.05) is 36.8 Å². The molecule has 1 aliphatic rings. The number of aromatic amines is 1. The van der Waals surface area contributed by atoms with E-state index in [2.05, 4.69) is 31.2 Å². The second kappa shape index (κ2) is 7.10. The summed E-state index contributed by atoms with van der Waals surface area (Å²) in [5, 5.41) is 9.22. The number of rotatable bonds is 4. The summed E-state index contributed by atoms with van der Waals surface area (Å²) in [6, 6.07) is 4.07. The molecule has 4 heterocycles. The van der Waals surface area contributed by atoms with Crippen LogP contribution in [-0.4, -0.2) is 49.0 Å². The molecule has 25 heavy (non-hydrogen) atoms. The molecule has 1 fully saturated rings. The monoisotopic (exact) mass is 354 g/mol. The quantitative estimate of drug-likeness (QED) is 0.778. The van der Waals surface area contributed by atoms with Crippen LogP contribution in [0.5, 0.6) is 0 Å². The van der Waals surface area contributed by atoms with Crippen LogP contribution in [0.25, 0.3) is 11.5 Å². The summed E-state index contributed by atoms with van der Waals surface area (Å²) >= 11 is 1.67. The van der Waals surface area contributed by atoms with Crippen molar-refractivity contribution < 1.29 is 4.79 Å². The second-order valence-electron chi connectivity index (χ2n) is 5.97. The van der Waals surface area contributed by atoms with Crippen LogP contribution in [0.15, 0.2) is 29.9 Å². The maximum atomic E-state index is 12.8. The number of hydrogen-bond donors (Lipinski definition) is 1. The van der Waals surface area contributed by atoms with Crippen LogP contribution in [0.4, 0.5) is 0 Å². The van der Waals surface area contributed by atoms with E-state index in [9.17, 15) is 4.79 Å². The molecule has 0 spiro atoms. The number of aromatic nitrogens is 5. The smallest absolute Gasteiger partial charge is 0.274 e. The Balaban J connectivity index is 1.60. The molecule has 0 aliphatic carbocycles. The van der Waals surface area contributed by atoms with Crippen LogP contribution in [-0.2, 0) is 6.42 Å². The highest BCUT2D eigenvalue weighted by atomic mass is 32.1. The van der Waals surface area contributed by atoms with Crippen LogP contribution in [0.1, 0.15) is 40.5 Å². The molecule has 0 aromatic carbocycles. The van der Waals surface area contributed by atoms with E-state index in [0.717, 1.165) is 31.8 Å². The normalized spacial score (nSPS) is 14.6. The van der Waals surface area contributed by atoms with Gasteiger partial charge in [-0.3, -0.25) is 9.89 Å². The Hall–Kier alpha value is -2.61. The third kappa shape index (κ3) is 3.43. The molecule has 0 atom stereocenters. The van der Waals surface area contributed by atoms with Gasteiger partial charge in [-0.2, -0.15) is 5.10 Å². The first-order chi connectivity index (χ1) is 12.3. The molecule has 4 rings (SSSR count). The highest BCUT2D eigenvalue weighted by molar-refractivity contribution is 7.09. The Bertz CT molecular complexity index is 854. The number of carbonyl (C=O) groups excluding carboxylic acids is 1. The minimum absolute atomic E-state index is 0.0904. The number of nitrogens with one attached hydrogen (secondary N) is 1. The number of thiophene rings is 1. The van der Waals surface area contributed by atoms with Crippen molar-refractivity contribution in [3.05, 3.63) is 46.3 Å². The Morgan fingerprint density at radius 2 is 2.04 bits per heavy atom. The second-order valence-corrected chi connectivity index (χ2v) is 7.00. The fourth-order valence-electron chi connectivity index (χ4n) is 2.96. The van der Waals surface area contributed by atoms with Gasteiger partial charge in [0.1, 0.15) is 11.5 Å². The number of amides is 1. The predicted octanol–water partition coefficient (Wildman–Crippen LogP) is 2.54. The van der Waals surface area contributed by atoms with Gasteiger partial charge in [-0.05, 0) is 30.7 Å². The number of nitrogens with zero attached hydrogens (tertiary/aromatic N) is 5. The minimum Gasteiger partial charge on any atom is -0.337 e. The lowest BCUT2D eigenvalue weighted by atomic mass is 10.1. The molecule has 0 saturated carbocycles. The molecule has 8 heteroatoms. The molecule has 1 N–H and O–H groups in total. The number of piperidine rings is 1. The van der Waals surface area contributed by atoms with E-state index < -0.39 is 0 Å². The lowest BCUT2D eigenvalue weighted by molar-refractivity contribution is 0.0718. The molecule has 128 valence electrons. The average Bonchev–Trinajstić information content (AvgIpc) is 3.34. The van der Waals surface area contributed by atoms with Crippen LogP contribution in [0.3, 0.4) is 0 Å². The Morgan fingerprint density at radius 3 is 2.84 bits per heavy atom. The summed E-state index contributed by atoms with van der Waals surface area (Å²) in [6.07, 6.45) is 7.03. The van der Waals surface area contributed by atoms with Gasteiger partial charge in [0.2, 0.25) is 5.82 Å². The fraction of sp³-hybridized carbons (Fsp3) is 0.353. The molecular formula is C17H18N6OS. The number of carbonyl (C=O) groups is 1. The van der Waals surface area contributed by atoms with Crippen molar-refractivity contribution in [2.45, 2.75) is 25.7 Å². The topological polar surface area (TPSA) is 87.7 Å². The molecular weight excluding hydrogens is 336 g/mol. The molecule has 0 radical (unpaired) electrons. The van der Waals surface area contributed by atoms with Crippen LogP contribution in [0.2, 0.25) is 0 Å². The molecule has 1 amide bonds. The first-order valence-electron chi connectivity index (χ1n) is 8.35. The van der Waals surface area contributed by atoms with Gasteiger partial charge in [0.15, 0.2) is 5.69 Å². The average molecular weight is 354 g/mol. The van der Waals surface area contributed by atoms with Crippen molar-refractivity contribution in [1.82, 2.24) is 30.0 Å². The lowest BCUT2D eigenvalue weighted by Crippen LogP contribution is -2.36. The Morgan fingerprint density at radius 1 is 1.20 bits per heavy atom. The molecule has 7 nitrogen and oxygen atoms in total. The molecule has 3 aromatic heterocycles. The van der Waals surface area contributed by atoms with Gasteiger partial charge in [-0.25, -0.2) is 15.0 Å². The largest absolute Gasteiger partial charge is 0.337 e. The zero-order valence-electron chi connectivity index (χ0n) is 13.7. The van der Waals surface area contributed by atoms with Gasteiger partial charge in [-0.15, -0.1) is 11.3 Å². The highest BCUT2D eigenvalue weighted by Crippen LogP contribution is 2.20. The van der Waals surface area contributed by atoms with Crippen LogP contribution >= 0.6 is 11.3 Å². The third-order valence-electron chi connectivity index (χ3n) is 4.21. The van der Waals surface area contributed by atoms with Gasteiger partial charge >= 0.3 is 0 Å². The number of H-pyrrole nitrogens is 1.